The van der Waals surface area contributed by atoms with Crippen LogP contribution in [0, 0.1) is 17.6 Å². The topological polar surface area (TPSA) is 21.3 Å². The highest BCUT2D eigenvalue weighted by atomic mass is 19.2. The molecule has 19 heavy (non-hydrogen) atoms. The van der Waals surface area contributed by atoms with Crippen molar-refractivity contribution in [2.45, 2.75) is 39.8 Å². The van der Waals surface area contributed by atoms with E-state index in [4.69, 9.17) is 4.74 Å². The summed E-state index contributed by atoms with van der Waals surface area (Å²) in [5, 5.41) is 3.20. The summed E-state index contributed by atoms with van der Waals surface area (Å²) in [6.45, 7) is 9.08. The summed E-state index contributed by atoms with van der Waals surface area (Å²) in [5.41, 5.74) is 0.328. The van der Waals surface area contributed by atoms with Crippen LogP contribution in [-0.2, 0) is 4.74 Å². The van der Waals surface area contributed by atoms with Crippen molar-refractivity contribution in [1.29, 1.82) is 0 Å². The van der Waals surface area contributed by atoms with Gasteiger partial charge in [-0.15, -0.1) is 0 Å². The van der Waals surface area contributed by atoms with Crippen LogP contribution in [0.3, 0.4) is 0 Å². The van der Waals surface area contributed by atoms with Crippen LogP contribution in [0.4, 0.5) is 8.78 Å². The molecule has 0 aliphatic rings. The van der Waals surface area contributed by atoms with Crippen molar-refractivity contribution < 1.29 is 13.5 Å². The molecule has 1 aromatic rings. The second-order valence-corrected chi connectivity index (χ2v) is 4.84. The molecule has 108 valence electrons. The molecule has 0 bridgehead atoms. The molecule has 2 nitrogen and oxygen atoms in total. The zero-order chi connectivity index (χ0) is 14.4. The van der Waals surface area contributed by atoms with Gasteiger partial charge in [0.25, 0.3) is 0 Å². The van der Waals surface area contributed by atoms with Crippen LogP contribution in [0.2, 0.25) is 0 Å². The highest BCUT2D eigenvalue weighted by Gasteiger charge is 2.28. The van der Waals surface area contributed by atoms with Gasteiger partial charge in [-0.25, -0.2) is 8.78 Å². The first-order chi connectivity index (χ1) is 9.02. The molecule has 1 N–H and O–H groups in total. The Morgan fingerprint density at radius 2 is 1.89 bits per heavy atom. The van der Waals surface area contributed by atoms with Crippen molar-refractivity contribution in [3.63, 3.8) is 0 Å². The molecule has 4 heteroatoms. The maximum Gasteiger partial charge on any atom is 0.163 e. The van der Waals surface area contributed by atoms with Crippen molar-refractivity contribution in [3.05, 3.63) is 35.4 Å². The van der Waals surface area contributed by atoms with E-state index in [0.717, 1.165) is 6.07 Å². The molecule has 0 fully saturated rings. The third kappa shape index (κ3) is 3.98. The molecule has 0 saturated carbocycles. The summed E-state index contributed by atoms with van der Waals surface area (Å²) in [6.07, 6.45) is -0.193. The second kappa shape index (κ2) is 7.56. The molecule has 0 saturated heterocycles. The average Bonchev–Trinajstić information content (AvgIpc) is 2.37. The van der Waals surface area contributed by atoms with Crippen molar-refractivity contribution >= 4 is 0 Å². The lowest BCUT2D eigenvalue weighted by Gasteiger charge is -2.31. The minimum Gasteiger partial charge on any atom is -0.376 e. The molecule has 0 aliphatic carbocycles. The Kier molecular flexibility index (Phi) is 6.38. The lowest BCUT2D eigenvalue weighted by atomic mass is 9.93. The highest BCUT2D eigenvalue weighted by molar-refractivity contribution is 5.24. The van der Waals surface area contributed by atoms with E-state index in [9.17, 15) is 8.78 Å². The third-order valence-electron chi connectivity index (χ3n) is 3.09. The van der Waals surface area contributed by atoms with Gasteiger partial charge in [0.2, 0.25) is 0 Å². The van der Waals surface area contributed by atoms with E-state index in [1.807, 2.05) is 27.7 Å². The lowest BCUT2D eigenvalue weighted by Crippen LogP contribution is -2.38. The lowest BCUT2D eigenvalue weighted by molar-refractivity contribution is 0.00224. The van der Waals surface area contributed by atoms with Crippen LogP contribution in [0.1, 0.15) is 39.3 Å². The average molecular weight is 271 g/mol. The first-order valence-electron chi connectivity index (χ1n) is 6.81. The summed E-state index contributed by atoms with van der Waals surface area (Å²) >= 11 is 0. The van der Waals surface area contributed by atoms with Gasteiger partial charge in [-0.2, -0.15) is 0 Å². The molecular weight excluding hydrogens is 248 g/mol. The molecule has 0 aliphatic heterocycles. The zero-order valence-corrected chi connectivity index (χ0v) is 12.0. The fraction of sp³-hybridized carbons (Fsp3) is 0.600. The molecule has 2 atom stereocenters. The summed E-state index contributed by atoms with van der Waals surface area (Å²) in [7, 11) is 0. The molecule has 2 unspecified atom stereocenters. The smallest absolute Gasteiger partial charge is 0.163 e. The SMILES string of the molecule is CCNC(c1cccc(F)c1F)C(OCC)C(C)C. The van der Waals surface area contributed by atoms with Crippen LogP contribution in [0.15, 0.2) is 18.2 Å². The van der Waals surface area contributed by atoms with Crippen LogP contribution >= 0.6 is 0 Å². The molecule has 0 radical (unpaired) electrons. The Balaban J connectivity index is 3.14. The van der Waals surface area contributed by atoms with Crippen molar-refractivity contribution in [2.24, 2.45) is 5.92 Å². The van der Waals surface area contributed by atoms with E-state index in [1.165, 1.54) is 6.07 Å². The van der Waals surface area contributed by atoms with E-state index in [2.05, 4.69) is 5.32 Å². The number of likely N-dealkylation sites (N-methyl/N-ethyl adjacent to an activating group) is 1. The fourth-order valence-electron chi connectivity index (χ4n) is 2.25. The fourth-order valence-corrected chi connectivity index (χ4v) is 2.25. The summed E-state index contributed by atoms with van der Waals surface area (Å²) < 4.78 is 33.1. The number of ether oxygens (including phenoxy) is 1. The van der Waals surface area contributed by atoms with Gasteiger partial charge in [-0.3, -0.25) is 0 Å². The van der Waals surface area contributed by atoms with Crippen LogP contribution < -0.4 is 5.32 Å². The largest absolute Gasteiger partial charge is 0.376 e. The molecule has 0 spiro atoms. The van der Waals surface area contributed by atoms with Gasteiger partial charge in [-0.05, 0) is 25.5 Å². The van der Waals surface area contributed by atoms with Crippen LogP contribution in [-0.4, -0.2) is 19.3 Å². The van der Waals surface area contributed by atoms with Crippen molar-refractivity contribution in [2.75, 3.05) is 13.2 Å². The van der Waals surface area contributed by atoms with Crippen LogP contribution in [0.25, 0.3) is 0 Å². The Bertz CT molecular complexity index is 396. The van der Waals surface area contributed by atoms with Gasteiger partial charge in [0.1, 0.15) is 0 Å². The van der Waals surface area contributed by atoms with E-state index in [1.54, 1.807) is 6.07 Å². The quantitative estimate of drug-likeness (QED) is 0.817. The van der Waals surface area contributed by atoms with E-state index in [-0.39, 0.29) is 18.1 Å². The number of hydrogen-bond donors (Lipinski definition) is 1. The predicted octanol–water partition coefficient (Wildman–Crippen LogP) is 3.68. The Labute approximate surface area is 114 Å². The standard InChI is InChI=1S/C15H23F2NO/c1-5-18-14(15(10(3)4)19-6-2)11-8-7-9-12(16)13(11)17/h7-10,14-15,18H,5-6H2,1-4H3. The van der Waals surface area contributed by atoms with Gasteiger partial charge >= 0.3 is 0 Å². The van der Waals surface area contributed by atoms with Gasteiger partial charge in [-0.1, -0.05) is 32.9 Å². The minimum absolute atomic E-state index is 0.193. The van der Waals surface area contributed by atoms with E-state index < -0.39 is 11.6 Å². The third-order valence-corrected chi connectivity index (χ3v) is 3.09. The zero-order valence-electron chi connectivity index (χ0n) is 12.0. The second-order valence-electron chi connectivity index (χ2n) is 4.84. The molecule has 0 amide bonds. The normalized spacial score (nSPS) is 14.7. The number of nitrogens with one attached hydrogen (secondary N) is 1. The number of benzene rings is 1. The van der Waals surface area contributed by atoms with Gasteiger partial charge in [0.05, 0.1) is 12.1 Å². The van der Waals surface area contributed by atoms with Crippen molar-refractivity contribution in [3.8, 4) is 0 Å². The maximum atomic E-state index is 14.0. The molecule has 0 aromatic heterocycles. The van der Waals surface area contributed by atoms with Gasteiger partial charge in [0, 0.05) is 12.2 Å². The summed E-state index contributed by atoms with van der Waals surface area (Å²) in [4.78, 5) is 0. The number of halogens is 2. The van der Waals surface area contributed by atoms with Crippen LogP contribution in [0.5, 0.6) is 0 Å². The Morgan fingerprint density at radius 1 is 1.21 bits per heavy atom. The summed E-state index contributed by atoms with van der Waals surface area (Å²) in [5.74, 6) is -1.41. The first-order valence-corrected chi connectivity index (χ1v) is 6.81. The first kappa shape index (κ1) is 16.1. The summed E-state index contributed by atoms with van der Waals surface area (Å²) in [6, 6.07) is 3.93. The molecule has 1 rings (SSSR count). The van der Waals surface area contributed by atoms with E-state index >= 15 is 0 Å². The molecule has 0 heterocycles. The number of hydrogen-bond acceptors (Lipinski definition) is 2. The minimum atomic E-state index is -0.820. The van der Waals surface area contributed by atoms with E-state index in [0.29, 0.717) is 18.7 Å². The van der Waals surface area contributed by atoms with Gasteiger partial charge in [0.15, 0.2) is 11.6 Å². The monoisotopic (exact) mass is 271 g/mol. The number of rotatable bonds is 7. The Hall–Kier alpha value is -1.00. The highest BCUT2D eigenvalue weighted by Crippen LogP contribution is 2.27. The molecular formula is C15H23F2NO. The molecule has 1 aromatic carbocycles. The van der Waals surface area contributed by atoms with Crippen molar-refractivity contribution in [1.82, 2.24) is 5.32 Å². The predicted molar refractivity (Wildman–Crippen MR) is 73.0 cm³/mol. The Morgan fingerprint density at radius 3 is 2.42 bits per heavy atom. The maximum absolute atomic E-state index is 14.0. The van der Waals surface area contributed by atoms with Gasteiger partial charge < -0.3 is 10.1 Å².